The number of aryl methyl sites for hydroxylation is 1. The fourth-order valence-corrected chi connectivity index (χ4v) is 3.71. The molecule has 2 aromatic carbocycles. The molecule has 0 unspecified atom stereocenters. The van der Waals surface area contributed by atoms with Gasteiger partial charge in [-0.15, -0.1) is 0 Å². The van der Waals surface area contributed by atoms with Gasteiger partial charge in [-0.3, -0.25) is 0 Å². The molecule has 1 aliphatic rings. The molecule has 0 amide bonds. The van der Waals surface area contributed by atoms with Gasteiger partial charge in [-0.25, -0.2) is 4.98 Å². The van der Waals surface area contributed by atoms with Crippen molar-refractivity contribution >= 4 is 11.6 Å². The van der Waals surface area contributed by atoms with Gasteiger partial charge in [-0.1, -0.05) is 48.0 Å². The molecule has 0 fully saturated rings. The van der Waals surface area contributed by atoms with Gasteiger partial charge in [-0.2, -0.15) is 0 Å². The van der Waals surface area contributed by atoms with Gasteiger partial charge in [-0.05, 0) is 41.7 Å². The Balaban J connectivity index is 1.60. The number of aromatic nitrogens is 2. The van der Waals surface area contributed by atoms with E-state index in [1.807, 2.05) is 36.9 Å². The maximum Gasteiger partial charge on any atom is 0.0952 e. The van der Waals surface area contributed by atoms with Crippen LogP contribution in [0.15, 0.2) is 67.3 Å². The number of hydrogen-bond donors (Lipinski definition) is 0. The highest BCUT2D eigenvalue weighted by molar-refractivity contribution is 6.30. The van der Waals surface area contributed by atoms with E-state index in [0.717, 1.165) is 23.4 Å². The fourth-order valence-electron chi connectivity index (χ4n) is 3.50. The van der Waals surface area contributed by atoms with Gasteiger partial charge in [0.05, 0.1) is 25.1 Å². The minimum atomic E-state index is 0.119. The molecule has 1 aliphatic carbocycles. The molecule has 3 nitrogen and oxygen atoms in total. The summed E-state index contributed by atoms with van der Waals surface area (Å²) in [5.74, 6) is 0. The van der Waals surface area contributed by atoms with Crippen molar-refractivity contribution < 1.29 is 4.74 Å². The maximum absolute atomic E-state index is 6.31. The lowest BCUT2D eigenvalue weighted by molar-refractivity contribution is 0.00543. The molecule has 0 aliphatic heterocycles. The van der Waals surface area contributed by atoms with Crippen LogP contribution in [0.4, 0.5) is 0 Å². The van der Waals surface area contributed by atoms with E-state index in [-0.39, 0.29) is 12.1 Å². The van der Waals surface area contributed by atoms with Crippen LogP contribution in [-0.2, 0) is 17.8 Å². The van der Waals surface area contributed by atoms with Crippen molar-refractivity contribution in [1.29, 1.82) is 0 Å². The first-order valence-corrected chi connectivity index (χ1v) is 8.60. The molecule has 2 atom stereocenters. The maximum atomic E-state index is 6.31. The Morgan fingerprint density at radius 2 is 2.08 bits per heavy atom. The lowest BCUT2D eigenvalue weighted by atomic mass is 9.85. The third kappa shape index (κ3) is 3.10. The summed E-state index contributed by atoms with van der Waals surface area (Å²) >= 11 is 6.08. The Labute approximate surface area is 146 Å². The van der Waals surface area contributed by atoms with Crippen molar-refractivity contribution in [3.63, 3.8) is 0 Å². The van der Waals surface area contributed by atoms with Crippen LogP contribution in [0.1, 0.15) is 29.2 Å². The zero-order valence-corrected chi connectivity index (χ0v) is 14.1. The van der Waals surface area contributed by atoms with Gasteiger partial charge in [0.15, 0.2) is 0 Å². The first kappa shape index (κ1) is 15.4. The lowest BCUT2D eigenvalue weighted by Crippen LogP contribution is -2.32. The summed E-state index contributed by atoms with van der Waals surface area (Å²) in [6, 6.07) is 16.7. The number of ether oxygens (including phenoxy) is 1. The molecular formula is C20H19ClN2O. The van der Waals surface area contributed by atoms with Crippen LogP contribution >= 0.6 is 11.6 Å². The first-order chi connectivity index (χ1) is 11.8. The molecule has 0 bridgehead atoms. The molecule has 122 valence electrons. The average Bonchev–Trinajstić information content (AvgIpc) is 3.13. The van der Waals surface area contributed by atoms with Gasteiger partial charge in [0.25, 0.3) is 0 Å². The van der Waals surface area contributed by atoms with Crippen molar-refractivity contribution in [1.82, 2.24) is 9.55 Å². The number of imidazole rings is 1. The molecule has 0 spiro atoms. The van der Waals surface area contributed by atoms with E-state index >= 15 is 0 Å². The molecule has 1 aromatic heterocycles. The second-order valence-corrected chi connectivity index (χ2v) is 6.61. The molecule has 4 heteroatoms. The third-order valence-electron chi connectivity index (χ3n) is 4.62. The largest absolute Gasteiger partial charge is 0.371 e. The summed E-state index contributed by atoms with van der Waals surface area (Å²) in [6.07, 6.45) is 7.88. The zero-order chi connectivity index (χ0) is 16.4. The smallest absolute Gasteiger partial charge is 0.0952 e. The van der Waals surface area contributed by atoms with E-state index in [2.05, 4.69) is 39.9 Å². The molecule has 0 radical (unpaired) electrons. The van der Waals surface area contributed by atoms with E-state index in [4.69, 9.17) is 16.3 Å². The van der Waals surface area contributed by atoms with Crippen molar-refractivity contribution in [2.24, 2.45) is 0 Å². The Kier molecular flexibility index (Phi) is 4.37. The summed E-state index contributed by atoms with van der Waals surface area (Å²) in [5, 5.41) is 0.747. The predicted octanol–water partition coefficient (Wildman–Crippen LogP) is 4.66. The van der Waals surface area contributed by atoms with Crippen molar-refractivity contribution in [3.8, 4) is 0 Å². The van der Waals surface area contributed by atoms with Gasteiger partial charge in [0, 0.05) is 17.4 Å². The molecule has 0 saturated heterocycles. The van der Waals surface area contributed by atoms with Crippen LogP contribution in [0.2, 0.25) is 5.02 Å². The molecule has 3 aromatic rings. The fraction of sp³-hybridized carbons (Fsp3) is 0.250. The molecule has 4 rings (SSSR count). The summed E-state index contributed by atoms with van der Waals surface area (Å²) in [6.45, 7) is 0.568. The molecular weight excluding hydrogens is 320 g/mol. The second kappa shape index (κ2) is 6.80. The monoisotopic (exact) mass is 338 g/mol. The normalized spacial score (nSPS) is 19.9. The number of rotatable bonds is 4. The van der Waals surface area contributed by atoms with Gasteiger partial charge in [0.2, 0.25) is 0 Å². The van der Waals surface area contributed by atoms with Crippen LogP contribution in [0.3, 0.4) is 0 Å². The van der Waals surface area contributed by atoms with E-state index in [1.165, 1.54) is 11.1 Å². The van der Waals surface area contributed by atoms with Crippen LogP contribution < -0.4 is 0 Å². The van der Waals surface area contributed by atoms with E-state index < -0.39 is 0 Å². The van der Waals surface area contributed by atoms with E-state index in [1.54, 1.807) is 0 Å². The van der Waals surface area contributed by atoms with Gasteiger partial charge in [0.1, 0.15) is 0 Å². The SMILES string of the molecule is Clc1cccc(CO[C@H]2CCc3ccccc3[C@@H]2n2ccnc2)c1. The Morgan fingerprint density at radius 3 is 2.92 bits per heavy atom. The van der Waals surface area contributed by atoms with Crippen LogP contribution in [0.25, 0.3) is 0 Å². The average molecular weight is 339 g/mol. The highest BCUT2D eigenvalue weighted by Gasteiger charge is 2.31. The highest BCUT2D eigenvalue weighted by atomic mass is 35.5. The summed E-state index contributed by atoms with van der Waals surface area (Å²) in [5.41, 5.74) is 3.84. The topological polar surface area (TPSA) is 27.1 Å². The van der Waals surface area contributed by atoms with Gasteiger partial charge >= 0.3 is 0 Å². The van der Waals surface area contributed by atoms with Crippen molar-refractivity contribution in [3.05, 3.63) is 89.0 Å². The van der Waals surface area contributed by atoms with E-state index in [9.17, 15) is 0 Å². The lowest BCUT2D eigenvalue weighted by Gasteiger charge is -2.34. The summed E-state index contributed by atoms with van der Waals surface area (Å²) in [4.78, 5) is 4.22. The molecule has 0 N–H and O–H groups in total. The standard InChI is InChI=1S/C20H19ClN2O/c21-17-6-3-4-15(12-17)13-24-19-9-8-16-5-1-2-7-18(16)20(19)23-11-10-22-14-23/h1-7,10-12,14,19-20H,8-9,13H2/t19-,20-/m0/s1. The number of fused-ring (bicyclic) bond motifs is 1. The molecule has 24 heavy (non-hydrogen) atoms. The number of benzene rings is 2. The Morgan fingerprint density at radius 1 is 1.17 bits per heavy atom. The van der Waals surface area contributed by atoms with Crippen LogP contribution in [-0.4, -0.2) is 15.7 Å². The predicted molar refractivity (Wildman–Crippen MR) is 95.2 cm³/mol. The Bertz CT molecular complexity index is 816. The quantitative estimate of drug-likeness (QED) is 0.692. The number of hydrogen-bond acceptors (Lipinski definition) is 2. The van der Waals surface area contributed by atoms with Gasteiger partial charge < -0.3 is 9.30 Å². The van der Waals surface area contributed by atoms with Crippen molar-refractivity contribution in [2.75, 3.05) is 0 Å². The summed E-state index contributed by atoms with van der Waals surface area (Å²) < 4.78 is 8.46. The number of halogens is 1. The first-order valence-electron chi connectivity index (χ1n) is 8.22. The zero-order valence-electron chi connectivity index (χ0n) is 13.3. The third-order valence-corrected chi connectivity index (χ3v) is 4.86. The Hall–Kier alpha value is -2.10. The molecule has 0 saturated carbocycles. The summed E-state index contributed by atoms with van der Waals surface area (Å²) in [7, 11) is 0. The van der Waals surface area contributed by atoms with E-state index in [0.29, 0.717) is 6.61 Å². The number of nitrogens with zero attached hydrogens (tertiary/aromatic N) is 2. The molecule has 1 heterocycles. The highest BCUT2D eigenvalue weighted by Crippen LogP contribution is 2.35. The minimum Gasteiger partial charge on any atom is -0.371 e. The second-order valence-electron chi connectivity index (χ2n) is 6.17. The van der Waals surface area contributed by atoms with Crippen LogP contribution in [0.5, 0.6) is 0 Å². The van der Waals surface area contributed by atoms with Crippen LogP contribution in [0, 0.1) is 0 Å². The minimum absolute atomic E-state index is 0.119. The van der Waals surface area contributed by atoms with Crippen molar-refractivity contribution in [2.45, 2.75) is 31.6 Å².